The van der Waals surface area contributed by atoms with E-state index in [1.807, 2.05) is 12.1 Å². The fraction of sp³-hybridized carbons (Fsp3) is 0.462. The van der Waals surface area contributed by atoms with Gasteiger partial charge in [0.2, 0.25) is 0 Å². The Hall–Kier alpha value is -1.29. The van der Waals surface area contributed by atoms with E-state index in [-0.39, 0.29) is 5.41 Å². The molecule has 0 radical (unpaired) electrons. The van der Waals surface area contributed by atoms with Crippen molar-refractivity contribution in [3.63, 3.8) is 0 Å². The van der Waals surface area contributed by atoms with E-state index < -0.39 is 0 Å². The van der Waals surface area contributed by atoms with Gasteiger partial charge in [-0.3, -0.25) is 0 Å². The van der Waals surface area contributed by atoms with Gasteiger partial charge in [0.15, 0.2) is 0 Å². The number of benzene rings is 1. The van der Waals surface area contributed by atoms with Gasteiger partial charge < -0.3 is 0 Å². The highest BCUT2D eigenvalue weighted by Gasteiger charge is 2.18. The van der Waals surface area contributed by atoms with Crippen molar-refractivity contribution in [2.24, 2.45) is 0 Å². The number of nitrogens with zero attached hydrogens (tertiary/aromatic N) is 1. The minimum atomic E-state index is 0.123. The van der Waals surface area contributed by atoms with Crippen LogP contribution < -0.4 is 0 Å². The second-order valence-corrected chi connectivity index (χ2v) is 4.55. The van der Waals surface area contributed by atoms with Gasteiger partial charge in [0.1, 0.15) is 0 Å². The molecule has 14 heavy (non-hydrogen) atoms. The molecule has 0 saturated heterocycles. The lowest BCUT2D eigenvalue weighted by Gasteiger charge is -2.23. The summed E-state index contributed by atoms with van der Waals surface area (Å²) in [6.45, 7) is 8.65. The zero-order chi connectivity index (χ0) is 10.8. The summed E-state index contributed by atoms with van der Waals surface area (Å²) in [4.78, 5) is 0. The first-order valence-corrected chi connectivity index (χ1v) is 5.03. The van der Waals surface area contributed by atoms with E-state index in [9.17, 15) is 0 Å². The average Bonchev–Trinajstić information content (AvgIpc) is 2.15. The number of hydrogen-bond acceptors (Lipinski definition) is 1. The molecule has 0 atom stereocenters. The van der Waals surface area contributed by atoms with E-state index in [1.165, 1.54) is 11.1 Å². The minimum absolute atomic E-state index is 0.123. The van der Waals surface area contributed by atoms with Crippen LogP contribution >= 0.6 is 0 Å². The molecule has 0 aliphatic rings. The third-order valence-corrected chi connectivity index (χ3v) is 2.46. The zero-order valence-electron chi connectivity index (χ0n) is 9.39. The Bertz CT molecular complexity index is 364. The molecule has 1 rings (SSSR count). The smallest absolute Gasteiger partial charge is 0.0994 e. The van der Waals surface area contributed by atoms with Gasteiger partial charge in [0.25, 0.3) is 0 Å². The van der Waals surface area contributed by atoms with Crippen molar-refractivity contribution in [1.29, 1.82) is 5.26 Å². The molecule has 0 heterocycles. The molecule has 0 aliphatic heterocycles. The van der Waals surface area contributed by atoms with E-state index in [4.69, 9.17) is 5.26 Å². The SMILES string of the molecule is CCc1c(C#N)cccc1C(C)(C)C. The Morgan fingerprint density at radius 2 is 1.93 bits per heavy atom. The van der Waals surface area contributed by atoms with Gasteiger partial charge in [-0.25, -0.2) is 0 Å². The van der Waals surface area contributed by atoms with Crippen LogP contribution in [-0.2, 0) is 11.8 Å². The first-order chi connectivity index (χ1) is 6.50. The van der Waals surface area contributed by atoms with Crippen LogP contribution in [0.5, 0.6) is 0 Å². The third-order valence-electron chi connectivity index (χ3n) is 2.46. The molecule has 0 aromatic heterocycles. The van der Waals surface area contributed by atoms with Crippen LogP contribution in [0.25, 0.3) is 0 Å². The lowest BCUT2D eigenvalue weighted by Crippen LogP contribution is -2.14. The number of nitriles is 1. The third kappa shape index (κ3) is 1.96. The van der Waals surface area contributed by atoms with Crippen LogP contribution in [0.1, 0.15) is 44.4 Å². The Balaban J connectivity index is 3.39. The van der Waals surface area contributed by atoms with Gasteiger partial charge >= 0.3 is 0 Å². The first-order valence-electron chi connectivity index (χ1n) is 5.03. The molecule has 0 spiro atoms. The summed E-state index contributed by atoms with van der Waals surface area (Å²) in [5.74, 6) is 0. The summed E-state index contributed by atoms with van der Waals surface area (Å²) in [5, 5.41) is 8.99. The van der Waals surface area contributed by atoms with Gasteiger partial charge in [-0.05, 0) is 29.0 Å². The highest BCUT2D eigenvalue weighted by atomic mass is 14.3. The molecular formula is C13H17N. The van der Waals surface area contributed by atoms with Crippen molar-refractivity contribution in [2.45, 2.75) is 39.5 Å². The minimum Gasteiger partial charge on any atom is -0.192 e. The molecule has 74 valence electrons. The van der Waals surface area contributed by atoms with Crippen LogP contribution in [0.3, 0.4) is 0 Å². The van der Waals surface area contributed by atoms with Crippen LogP contribution in [0.15, 0.2) is 18.2 Å². The fourth-order valence-electron chi connectivity index (χ4n) is 1.78. The maximum Gasteiger partial charge on any atom is 0.0994 e. The summed E-state index contributed by atoms with van der Waals surface area (Å²) in [6, 6.07) is 8.25. The molecular weight excluding hydrogens is 170 g/mol. The highest BCUT2D eigenvalue weighted by Crippen LogP contribution is 2.27. The Morgan fingerprint density at radius 3 is 2.36 bits per heavy atom. The molecule has 0 saturated carbocycles. The summed E-state index contributed by atoms with van der Waals surface area (Å²) in [5.41, 5.74) is 3.43. The Labute approximate surface area is 86.4 Å². The molecule has 0 N–H and O–H groups in total. The van der Waals surface area contributed by atoms with Gasteiger partial charge in [-0.1, -0.05) is 39.8 Å². The molecule has 0 bridgehead atoms. The molecule has 1 aromatic carbocycles. The molecule has 0 amide bonds. The molecule has 0 aliphatic carbocycles. The second-order valence-electron chi connectivity index (χ2n) is 4.55. The van der Waals surface area contributed by atoms with Crippen molar-refractivity contribution in [2.75, 3.05) is 0 Å². The average molecular weight is 187 g/mol. The maximum absolute atomic E-state index is 8.99. The van der Waals surface area contributed by atoms with Crippen molar-refractivity contribution < 1.29 is 0 Å². The standard InChI is InChI=1S/C13H17N/c1-5-11-10(9-14)7-6-8-12(11)13(2,3)4/h6-8H,5H2,1-4H3. The summed E-state index contributed by atoms with van der Waals surface area (Å²) in [7, 11) is 0. The summed E-state index contributed by atoms with van der Waals surface area (Å²) >= 11 is 0. The zero-order valence-corrected chi connectivity index (χ0v) is 9.39. The van der Waals surface area contributed by atoms with Gasteiger partial charge in [0.05, 0.1) is 11.6 Å². The van der Waals surface area contributed by atoms with Gasteiger partial charge in [-0.15, -0.1) is 0 Å². The predicted molar refractivity (Wildman–Crippen MR) is 59.2 cm³/mol. The lowest BCUT2D eigenvalue weighted by molar-refractivity contribution is 0.583. The first kappa shape index (κ1) is 10.8. The monoisotopic (exact) mass is 187 g/mol. The molecule has 1 heteroatoms. The summed E-state index contributed by atoms with van der Waals surface area (Å²) in [6.07, 6.45) is 0.927. The Kier molecular flexibility index (Phi) is 2.96. The number of hydrogen-bond donors (Lipinski definition) is 0. The molecule has 0 fully saturated rings. The largest absolute Gasteiger partial charge is 0.192 e. The van der Waals surface area contributed by atoms with Crippen molar-refractivity contribution in [1.82, 2.24) is 0 Å². The van der Waals surface area contributed by atoms with Gasteiger partial charge in [-0.2, -0.15) is 5.26 Å². The van der Waals surface area contributed by atoms with Crippen molar-refractivity contribution in [3.05, 3.63) is 34.9 Å². The van der Waals surface area contributed by atoms with Crippen molar-refractivity contribution >= 4 is 0 Å². The quantitative estimate of drug-likeness (QED) is 0.661. The fourth-order valence-corrected chi connectivity index (χ4v) is 1.78. The van der Waals surface area contributed by atoms with Crippen LogP contribution in [0.4, 0.5) is 0 Å². The number of rotatable bonds is 1. The second kappa shape index (κ2) is 3.84. The molecule has 0 unspecified atom stereocenters. The summed E-state index contributed by atoms with van der Waals surface area (Å²) < 4.78 is 0. The lowest BCUT2D eigenvalue weighted by atomic mass is 9.81. The molecule has 1 nitrogen and oxygen atoms in total. The normalized spacial score (nSPS) is 11.1. The van der Waals surface area contributed by atoms with E-state index in [0.29, 0.717) is 0 Å². The van der Waals surface area contributed by atoms with E-state index in [0.717, 1.165) is 12.0 Å². The molecule has 1 aromatic rings. The van der Waals surface area contributed by atoms with E-state index >= 15 is 0 Å². The topological polar surface area (TPSA) is 23.8 Å². The van der Waals surface area contributed by atoms with Gasteiger partial charge in [0, 0.05) is 0 Å². The Morgan fingerprint density at radius 1 is 1.29 bits per heavy atom. The predicted octanol–water partition coefficient (Wildman–Crippen LogP) is 3.42. The van der Waals surface area contributed by atoms with E-state index in [1.54, 1.807) is 0 Å². The maximum atomic E-state index is 8.99. The van der Waals surface area contributed by atoms with Crippen molar-refractivity contribution in [3.8, 4) is 6.07 Å². The van der Waals surface area contributed by atoms with Crippen LogP contribution in [-0.4, -0.2) is 0 Å². The van der Waals surface area contributed by atoms with Crippen LogP contribution in [0, 0.1) is 11.3 Å². The van der Waals surface area contributed by atoms with E-state index in [2.05, 4.69) is 39.8 Å². The van der Waals surface area contributed by atoms with Crippen LogP contribution in [0.2, 0.25) is 0 Å². The highest BCUT2D eigenvalue weighted by molar-refractivity contribution is 5.45.